The first-order chi connectivity index (χ1) is 9.06. The van der Waals surface area contributed by atoms with Gasteiger partial charge >= 0.3 is 7.12 Å². The predicted molar refractivity (Wildman–Crippen MR) is 69.0 cm³/mol. The van der Waals surface area contributed by atoms with Gasteiger partial charge in [0.2, 0.25) is 0 Å². The Morgan fingerprint density at radius 3 is 3.00 bits per heavy atom. The Balaban J connectivity index is 2.00. The van der Waals surface area contributed by atoms with Crippen molar-refractivity contribution in [3.05, 3.63) is 24.0 Å². The molecule has 2 rings (SSSR count). The van der Waals surface area contributed by atoms with Gasteiger partial charge < -0.3 is 24.4 Å². The summed E-state index contributed by atoms with van der Waals surface area (Å²) < 4.78 is 24.1. The van der Waals surface area contributed by atoms with Gasteiger partial charge in [-0.2, -0.15) is 0 Å². The van der Waals surface area contributed by atoms with Crippen molar-refractivity contribution in [3.63, 3.8) is 0 Å². The van der Waals surface area contributed by atoms with Crippen LogP contribution in [0, 0.1) is 5.82 Å². The van der Waals surface area contributed by atoms with Crippen molar-refractivity contribution < 1.29 is 23.9 Å². The van der Waals surface area contributed by atoms with Crippen LogP contribution in [0.2, 0.25) is 0 Å². The van der Waals surface area contributed by atoms with E-state index in [1.54, 1.807) is 0 Å². The van der Waals surface area contributed by atoms with Gasteiger partial charge in [0.15, 0.2) is 0 Å². The zero-order valence-corrected chi connectivity index (χ0v) is 10.8. The first-order valence-electron chi connectivity index (χ1n) is 6.15. The molecule has 1 aromatic carbocycles. The lowest BCUT2D eigenvalue weighted by molar-refractivity contribution is -0.0402. The smallest absolute Gasteiger partial charge is 0.491 e. The van der Waals surface area contributed by atoms with Crippen LogP contribution in [-0.2, 0) is 4.74 Å². The summed E-state index contributed by atoms with van der Waals surface area (Å²) >= 11 is 0. The van der Waals surface area contributed by atoms with Gasteiger partial charge in [-0.1, -0.05) is 6.07 Å². The van der Waals surface area contributed by atoms with Gasteiger partial charge in [0, 0.05) is 24.6 Å². The minimum absolute atomic E-state index is 0.106. The van der Waals surface area contributed by atoms with Crippen LogP contribution in [0.1, 0.15) is 0 Å². The normalized spacial score (nSPS) is 20.3. The highest BCUT2D eigenvalue weighted by molar-refractivity contribution is 6.59. The molecule has 1 aliphatic rings. The fourth-order valence-electron chi connectivity index (χ4n) is 2.00. The average molecular weight is 269 g/mol. The first kappa shape index (κ1) is 14.3. The Kier molecular flexibility index (Phi) is 4.76. The Hall–Kier alpha value is -1.15. The van der Waals surface area contributed by atoms with Crippen molar-refractivity contribution >= 4 is 12.6 Å². The molecule has 0 spiro atoms. The second-order valence-corrected chi connectivity index (χ2v) is 4.62. The highest BCUT2D eigenvalue weighted by Gasteiger charge is 2.21. The molecule has 1 atom stereocenters. The fourth-order valence-corrected chi connectivity index (χ4v) is 2.00. The molecule has 1 aliphatic heterocycles. The van der Waals surface area contributed by atoms with Crippen molar-refractivity contribution in [1.29, 1.82) is 0 Å². The van der Waals surface area contributed by atoms with Crippen molar-refractivity contribution in [1.82, 2.24) is 4.90 Å². The van der Waals surface area contributed by atoms with Gasteiger partial charge in [-0.3, -0.25) is 0 Å². The van der Waals surface area contributed by atoms with Gasteiger partial charge in [-0.05, 0) is 13.1 Å². The molecule has 1 heterocycles. The molecule has 104 valence electrons. The number of rotatable bonds is 4. The van der Waals surface area contributed by atoms with E-state index in [2.05, 4.69) is 4.90 Å². The van der Waals surface area contributed by atoms with E-state index in [-0.39, 0.29) is 23.9 Å². The average Bonchev–Trinajstić information content (AvgIpc) is 2.36. The molecule has 0 aromatic heterocycles. The molecule has 1 unspecified atom stereocenters. The number of hydrogen-bond acceptors (Lipinski definition) is 5. The molecule has 1 aromatic rings. The summed E-state index contributed by atoms with van der Waals surface area (Å²) in [7, 11) is 0.297. The molecule has 1 fully saturated rings. The second kappa shape index (κ2) is 6.34. The van der Waals surface area contributed by atoms with Crippen LogP contribution in [0.3, 0.4) is 0 Å². The molecule has 1 saturated heterocycles. The van der Waals surface area contributed by atoms with Crippen LogP contribution in [-0.4, -0.2) is 61.5 Å². The van der Waals surface area contributed by atoms with Gasteiger partial charge in [-0.15, -0.1) is 0 Å². The molecule has 0 saturated carbocycles. The molecule has 2 N–H and O–H groups in total. The van der Waals surface area contributed by atoms with Gasteiger partial charge in [0.05, 0.1) is 6.61 Å². The van der Waals surface area contributed by atoms with Gasteiger partial charge in [0.25, 0.3) is 0 Å². The van der Waals surface area contributed by atoms with Crippen molar-refractivity contribution in [3.8, 4) is 5.75 Å². The third-order valence-electron chi connectivity index (χ3n) is 3.02. The van der Waals surface area contributed by atoms with Crippen LogP contribution >= 0.6 is 0 Å². The predicted octanol–water partition coefficient (Wildman–Crippen LogP) is -0.785. The van der Waals surface area contributed by atoms with E-state index in [1.165, 1.54) is 6.07 Å². The number of nitrogens with zero attached hydrogens (tertiary/aromatic N) is 1. The Labute approximate surface area is 111 Å². The summed E-state index contributed by atoms with van der Waals surface area (Å²) in [5.41, 5.74) is 0.144. The third-order valence-corrected chi connectivity index (χ3v) is 3.02. The SMILES string of the molecule is CN1CCOC(COc2cc(F)ccc2B(O)O)C1. The maximum absolute atomic E-state index is 13.2. The standard InChI is InChI=1S/C12H17BFNO4/c1-15-4-5-18-10(7-15)8-19-12-6-9(14)2-3-11(12)13(16)17/h2-3,6,10,16-17H,4-5,7-8H2,1H3. The van der Waals surface area contributed by atoms with E-state index in [1.807, 2.05) is 7.05 Å². The number of likely N-dealkylation sites (N-methyl/N-ethyl adjacent to an activating group) is 1. The monoisotopic (exact) mass is 269 g/mol. The number of morpholine rings is 1. The number of ether oxygens (including phenoxy) is 2. The summed E-state index contributed by atoms with van der Waals surface area (Å²) in [4.78, 5) is 2.12. The van der Waals surface area contributed by atoms with E-state index < -0.39 is 12.9 Å². The van der Waals surface area contributed by atoms with Crippen LogP contribution in [0.5, 0.6) is 5.75 Å². The summed E-state index contributed by atoms with van der Waals surface area (Å²) in [6.45, 7) is 2.47. The summed E-state index contributed by atoms with van der Waals surface area (Å²) in [5.74, 6) is -0.354. The molecule has 0 amide bonds. The maximum atomic E-state index is 13.2. The summed E-state index contributed by atoms with van der Waals surface area (Å²) in [6.07, 6.45) is -0.106. The Morgan fingerprint density at radius 2 is 2.32 bits per heavy atom. The number of hydrogen-bond donors (Lipinski definition) is 2. The molecule has 0 bridgehead atoms. The highest BCUT2D eigenvalue weighted by Crippen LogP contribution is 2.12. The molecule has 7 heteroatoms. The van der Waals surface area contributed by atoms with Gasteiger partial charge in [0.1, 0.15) is 24.3 Å². The topological polar surface area (TPSA) is 62.2 Å². The number of halogens is 1. The lowest BCUT2D eigenvalue weighted by atomic mass is 9.79. The van der Waals surface area contributed by atoms with Crippen molar-refractivity contribution in [2.45, 2.75) is 6.10 Å². The van der Waals surface area contributed by atoms with E-state index in [9.17, 15) is 14.4 Å². The summed E-state index contributed by atoms with van der Waals surface area (Å²) in [5, 5.41) is 18.4. The third kappa shape index (κ3) is 3.91. The minimum Gasteiger partial charge on any atom is -0.491 e. The Morgan fingerprint density at radius 1 is 1.53 bits per heavy atom. The fraction of sp³-hybridized carbons (Fsp3) is 0.500. The van der Waals surface area contributed by atoms with Crippen LogP contribution in [0.15, 0.2) is 18.2 Å². The lowest BCUT2D eigenvalue weighted by Crippen LogP contribution is -2.43. The van der Waals surface area contributed by atoms with Crippen LogP contribution < -0.4 is 10.2 Å². The van der Waals surface area contributed by atoms with E-state index in [0.717, 1.165) is 25.2 Å². The molecule has 0 radical (unpaired) electrons. The van der Waals surface area contributed by atoms with Crippen LogP contribution in [0.4, 0.5) is 4.39 Å². The highest BCUT2D eigenvalue weighted by atomic mass is 19.1. The van der Waals surface area contributed by atoms with E-state index in [0.29, 0.717) is 6.61 Å². The zero-order chi connectivity index (χ0) is 13.8. The van der Waals surface area contributed by atoms with Crippen LogP contribution in [0.25, 0.3) is 0 Å². The molecular weight excluding hydrogens is 252 g/mol. The maximum Gasteiger partial charge on any atom is 0.492 e. The molecule has 0 aliphatic carbocycles. The van der Waals surface area contributed by atoms with E-state index in [4.69, 9.17) is 9.47 Å². The van der Waals surface area contributed by atoms with E-state index >= 15 is 0 Å². The largest absolute Gasteiger partial charge is 0.492 e. The Bertz CT molecular complexity index is 432. The zero-order valence-electron chi connectivity index (χ0n) is 10.8. The molecular formula is C12H17BFNO4. The molecule has 19 heavy (non-hydrogen) atoms. The minimum atomic E-state index is -1.69. The second-order valence-electron chi connectivity index (χ2n) is 4.62. The first-order valence-corrected chi connectivity index (χ1v) is 6.15. The number of benzene rings is 1. The summed E-state index contributed by atoms with van der Waals surface area (Å²) in [6, 6.07) is 3.59. The van der Waals surface area contributed by atoms with Gasteiger partial charge in [-0.25, -0.2) is 4.39 Å². The molecule has 5 nitrogen and oxygen atoms in total. The quantitative estimate of drug-likeness (QED) is 0.702. The lowest BCUT2D eigenvalue weighted by Gasteiger charge is -2.30. The van der Waals surface area contributed by atoms with Crippen molar-refractivity contribution in [2.24, 2.45) is 0 Å². The van der Waals surface area contributed by atoms with Crippen molar-refractivity contribution in [2.75, 3.05) is 33.4 Å².